The second-order valence-corrected chi connectivity index (χ2v) is 5.81. The van der Waals surface area contributed by atoms with E-state index in [0.29, 0.717) is 24.5 Å². The maximum Gasteiger partial charge on any atom is 0.323 e. The number of aryl methyl sites for hydroxylation is 1. The van der Waals surface area contributed by atoms with Crippen molar-refractivity contribution in [2.45, 2.75) is 39.8 Å². The maximum absolute atomic E-state index is 5.52. The lowest BCUT2D eigenvalue weighted by Gasteiger charge is -2.10. The average Bonchev–Trinajstić information content (AvgIpc) is 2.92. The van der Waals surface area contributed by atoms with Crippen LogP contribution in [0.4, 0.5) is 11.9 Å². The van der Waals surface area contributed by atoms with Gasteiger partial charge in [-0.2, -0.15) is 15.0 Å². The van der Waals surface area contributed by atoms with Crippen molar-refractivity contribution in [2.24, 2.45) is 0 Å². The highest BCUT2D eigenvalue weighted by Crippen LogP contribution is 2.16. The van der Waals surface area contributed by atoms with E-state index in [1.165, 1.54) is 4.88 Å². The summed E-state index contributed by atoms with van der Waals surface area (Å²) in [5, 5.41) is 7.05. The van der Waals surface area contributed by atoms with E-state index < -0.39 is 0 Å². The number of anilines is 2. The molecule has 0 amide bonds. The molecule has 0 aromatic carbocycles. The van der Waals surface area contributed by atoms with Crippen LogP contribution in [-0.2, 0) is 13.0 Å². The highest BCUT2D eigenvalue weighted by atomic mass is 32.1. The SMILES string of the molecule is CCc1cnc(CNc2nc(NC)nc(OC(C)C)n2)s1. The second kappa shape index (κ2) is 7.16. The summed E-state index contributed by atoms with van der Waals surface area (Å²) in [6.07, 6.45) is 2.91. The van der Waals surface area contributed by atoms with Crippen molar-refractivity contribution in [3.8, 4) is 6.01 Å². The minimum absolute atomic E-state index is 0.0102. The van der Waals surface area contributed by atoms with Crippen LogP contribution >= 0.6 is 11.3 Å². The minimum Gasteiger partial charge on any atom is -0.461 e. The quantitative estimate of drug-likeness (QED) is 0.812. The summed E-state index contributed by atoms with van der Waals surface area (Å²) < 4.78 is 5.52. The number of hydrogen-bond donors (Lipinski definition) is 2. The van der Waals surface area contributed by atoms with Gasteiger partial charge in [-0.15, -0.1) is 11.3 Å². The first-order valence-electron chi connectivity index (χ1n) is 6.88. The van der Waals surface area contributed by atoms with E-state index in [1.807, 2.05) is 20.0 Å². The molecule has 0 saturated carbocycles. The number of nitrogens with zero attached hydrogens (tertiary/aromatic N) is 4. The van der Waals surface area contributed by atoms with Crippen molar-refractivity contribution >= 4 is 23.2 Å². The van der Waals surface area contributed by atoms with Crippen molar-refractivity contribution in [3.63, 3.8) is 0 Å². The molecule has 0 fully saturated rings. The smallest absolute Gasteiger partial charge is 0.323 e. The van der Waals surface area contributed by atoms with E-state index in [2.05, 4.69) is 37.5 Å². The van der Waals surface area contributed by atoms with Crippen LogP contribution in [0.2, 0.25) is 0 Å². The van der Waals surface area contributed by atoms with Gasteiger partial charge in [0.05, 0.1) is 12.6 Å². The molecule has 2 heterocycles. The normalized spacial score (nSPS) is 10.7. The molecule has 21 heavy (non-hydrogen) atoms. The van der Waals surface area contributed by atoms with Crippen LogP contribution in [0.1, 0.15) is 30.7 Å². The Morgan fingerprint density at radius 2 is 2.00 bits per heavy atom. The molecule has 0 saturated heterocycles. The van der Waals surface area contributed by atoms with Gasteiger partial charge in [0.15, 0.2) is 0 Å². The summed E-state index contributed by atoms with van der Waals surface area (Å²) in [5.41, 5.74) is 0. The summed E-state index contributed by atoms with van der Waals surface area (Å²) in [7, 11) is 1.76. The van der Waals surface area contributed by atoms with Crippen LogP contribution in [0.15, 0.2) is 6.20 Å². The zero-order chi connectivity index (χ0) is 15.2. The predicted molar refractivity (Wildman–Crippen MR) is 84.0 cm³/mol. The number of aromatic nitrogens is 4. The number of ether oxygens (including phenoxy) is 1. The fourth-order valence-electron chi connectivity index (χ4n) is 1.56. The lowest BCUT2D eigenvalue weighted by atomic mass is 10.4. The van der Waals surface area contributed by atoms with Gasteiger partial charge in [0, 0.05) is 18.1 Å². The van der Waals surface area contributed by atoms with Crippen LogP contribution in [0.25, 0.3) is 0 Å². The molecule has 2 aromatic rings. The van der Waals surface area contributed by atoms with Gasteiger partial charge in [-0.3, -0.25) is 0 Å². The molecule has 2 rings (SSSR count). The molecule has 0 spiro atoms. The Kier molecular flexibility index (Phi) is 5.26. The fourth-order valence-corrected chi connectivity index (χ4v) is 2.36. The van der Waals surface area contributed by atoms with Crippen molar-refractivity contribution in [2.75, 3.05) is 17.7 Å². The van der Waals surface area contributed by atoms with Crippen LogP contribution in [0, 0.1) is 0 Å². The van der Waals surface area contributed by atoms with Crippen LogP contribution in [-0.4, -0.2) is 33.1 Å². The molecule has 0 unspecified atom stereocenters. The van der Waals surface area contributed by atoms with Gasteiger partial charge >= 0.3 is 6.01 Å². The first-order chi connectivity index (χ1) is 10.1. The standard InChI is InChI=1S/C13H20N6OS/c1-5-9-6-15-10(21-9)7-16-12-17-11(14-4)18-13(19-12)20-8(2)3/h6,8H,5,7H2,1-4H3,(H2,14,16,17,18,19). The third-order valence-electron chi connectivity index (χ3n) is 2.53. The maximum atomic E-state index is 5.52. The average molecular weight is 308 g/mol. The van der Waals surface area contributed by atoms with E-state index in [1.54, 1.807) is 18.4 Å². The Morgan fingerprint density at radius 1 is 1.24 bits per heavy atom. The van der Waals surface area contributed by atoms with E-state index in [-0.39, 0.29) is 6.10 Å². The van der Waals surface area contributed by atoms with E-state index in [0.717, 1.165) is 11.4 Å². The topological polar surface area (TPSA) is 84.9 Å². The summed E-state index contributed by atoms with van der Waals surface area (Å²) >= 11 is 1.69. The van der Waals surface area contributed by atoms with Gasteiger partial charge in [0.2, 0.25) is 11.9 Å². The first-order valence-corrected chi connectivity index (χ1v) is 7.70. The lowest BCUT2D eigenvalue weighted by Crippen LogP contribution is -2.12. The Balaban J connectivity index is 2.07. The van der Waals surface area contributed by atoms with Gasteiger partial charge in [0.25, 0.3) is 0 Å². The van der Waals surface area contributed by atoms with E-state index in [9.17, 15) is 0 Å². The van der Waals surface area contributed by atoms with Gasteiger partial charge in [-0.1, -0.05) is 6.92 Å². The fraction of sp³-hybridized carbons (Fsp3) is 0.538. The minimum atomic E-state index is 0.0102. The summed E-state index contributed by atoms with van der Waals surface area (Å²) in [6, 6.07) is 0.306. The molecule has 0 bridgehead atoms. The molecule has 0 radical (unpaired) electrons. The molecule has 0 aliphatic heterocycles. The molecule has 114 valence electrons. The molecule has 8 heteroatoms. The Hall–Kier alpha value is -1.96. The van der Waals surface area contributed by atoms with Gasteiger partial charge in [-0.05, 0) is 20.3 Å². The van der Waals surface area contributed by atoms with Gasteiger partial charge in [0.1, 0.15) is 5.01 Å². The van der Waals surface area contributed by atoms with E-state index >= 15 is 0 Å². The molecule has 7 nitrogen and oxygen atoms in total. The molecule has 0 aliphatic carbocycles. The summed E-state index contributed by atoms with van der Waals surface area (Å²) in [6.45, 7) is 6.56. The second-order valence-electron chi connectivity index (χ2n) is 4.61. The highest BCUT2D eigenvalue weighted by Gasteiger charge is 2.09. The van der Waals surface area contributed by atoms with Crippen molar-refractivity contribution in [1.29, 1.82) is 0 Å². The Bertz CT molecular complexity index is 586. The zero-order valence-electron chi connectivity index (χ0n) is 12.7. The summed E-state index contributed by atoms with van der Waals surface area (Å²) in [4.78, 5) is 18.3. The van der Waals surface area contributed by atoms with Crippen LogP contribution in [0.5, 0.6) is 6.01 Å². The zero-order valence-corrected chi connectivity index (χ0v) is 13.5. The van der Waals surface area contributed by atoms with Crippen molar-refractivity contribution in [1.82, 2.24) is 19.9 Å². The molecule has 2 aromatic heterocycles. The van der Waals surface area contributed by atoms with Crippen molar-refractivity contribution < 1.29 is 4.74 Å². The third kappa shape index (κ3) is 4.52. The highest BCUT2D eigenvalue weighted by molar-refractivity contribution is 7.11. The van der Waals surface area contributed by atoms with Crippen LogP contribution < -0.4 is 15.4 Å². The predicted octanol–water partition coefficient (Wildman–Crippen LogP) is 2.33. The molecular formula is C13H20N6OS. The van der Waals surface area contributed by atoms with Crippen LogP contribution in [0.3, 0.4) is 0 Å². The molecular weight excluding hydrogens is 288 g/mol. The third-order valence-corrected chi connectivity index (χ3v) is 3.67. The molecule has 0 atom stereocenters. The number of rotatable bonds is 7. The lowest BCUT2D eigenvalue weighted by molar-refractivity contribution is 0.222. The Labute approximate surface area is 128 Å². The Morgan fingerprint density at radius 3 is 2.62 bits per heavy atom. The number of thiazole rings is 1. The van der Waals surface area contributed by atoms with E-state index in [4.69, 9.17) is 4.74 Å². The van der Waals surface area contributed by atoms with Gasteiger partial charge in [-0.25, -0.2) is 4.98 Å². The van der Waals surface area contributed by atoms with Crippen molar-refractivity contribution in [3.05, 3.63) is 16.1 Å². The number of hydrogen-bond acceptors (Lipinski definition) is 8. The monoisotopic (exact) mass is 308 g/mol. The first kappa shape index (κ1) is 15.4. The molecule has 0 aliphatic rings. The van der Waals surface area contributed by atoms with Gasteiger partial charge < -0.3 is 15.4 Å². The molecule has 2 N–H and O–H groups in total. The summed E-state index contributed by atoms with van der Waals surface area (Å²) in [5.74, 6) is 0.940. The number of nitrogens with one attached hydrogen (secondary N) is 2. The largest absolute Gasteiger partial charge is 0.461 e.